The molecule has 29 heavy (non-hydrogen) atoms. The SMILES string of the molecule is CCCCCCCCCCCCCCCCCC(O)C[N+](C)(C)CCCC(=O)[O-]. The van der Waals surface area contributed by atoms with Crippen molar-refractivity contribution in [2.45, 2.75) is 129 Å². The maximum Gasteiger partial charge on any atom is 0.105 e. The molecule has 0 aromatic carbocycles. The number of hydrogen-bond acceptors (Lipinski definition) is 3. The summed E-state index contributed by atoms with van der Waals surface area (Å²) in [7, 11) is 4.12. The van der Waals surface area contributed by atoms with Crippen molar-refractivity contribution in [3.63, 3.8) is 0 Å². The Morgan fingerprint density at radius 3 is 1.59 bits per heavy atom. The fourth-order valence-electron chi connectivity index (χ4n) is 4.16. The summed E-state index contributed by atoms with van der Waals surface area (Å²) < 4.78 is 0.674. The number of carbonyl (C=O) groups is 1. The van der Waals surface area contributed by atoms with Gasteiger partial charge in [0.25, 0.3) is 0 Å². The average molecular weight is 414 g/mol. The average Bonchev–Trinajstić information content (AvgIpc) is 2.64. The minimum Gasteiger partial charge on any atom is -0.550 e. The monoisotopic (exact) mass is 413 g/mol. The molecule has 0 heterocycles. The number of rotatable bonds is 22. The zero-order valence-electron chi connectivity index (χ0n) is 19.9. The van der Waals surface area contributed by atoms with Gasteiger partial charge in [0.15, 0.2) is 0 Å². The summed E-state index contributed by atoms with van der Waals surface area (Å²) in [5.74, 6) is -0.983. The lowest BCUT2D eigenvalue weighted by Crippen LogP contribution is -2.46. The Morgan fingerprint density at radius 1 is 0.759 bits per heavy atom. The van der Waals surface area contributed by atoms with Crippen LogP contribution in [-0.4, -0.2) is 48.8 Å². The van der Waals surface area contributed by atoms with Gasteiger partial charge in [-0.25, -0.2) is 0 Å². The Hall–Kier alpha value is -0.610. The van der Waals surface area contributed by atoms with Crippen LogP contribution in [0.2, 0.25) is 0 Å². The number of aliphatic hydroxyl groups excluding tert-OH is 1. The molecule has 0 aliphatic carbocycles. The van der Waals surface area contributed by atoms with E-state index in [1.54, 1.807) is 0 Å². The highest BCUT2D eigenvalue weighted by Crippen LogP contribution is 2.15. The first kappa shape index (κ1) is 28.4. The first-order valence-electron chi connectivity index (χ1n) is 12.6. The molecule has 0 amide bonds. The van der Waals surface area contributed by atoms with Crippen LogP contribution in [0.4, 0.5) is 0 Å². The number of likely N-dealkylation sites (N-methyl/N-ethyl adjacent to an activating group) is 1. The number of aliphatic hydroxyl groups is 1. The van der Waals surface area contributed by atoms with E-state index in [2.05, 4.69) is 21.0 Å². The van der Waals surface area contributed by atoms with Crippen LogP contribution >= 0.6 is 0 Å². The summed E-state index contributed by atoms with van der Waals surface area (Å²) in [4.78, 5) is 10.5. The van der Waals surface area contributed by atoms with Gasteiger partial charge < -0.3 is 19.5 Å². The number of hydrogen-bond donors (Lipinski definition) is 1. The molecule has 0 aromatic heterocycles. The van der Waals surface area contributed by atoms with E-state index in [1.165, 1.54) is 89.9 Å². The quantitative estimate of drug-likeness (QED) is 0.196. The van der Waals surface area contributed by atoms with Crippen LogP contribution in [0.1, 0.15) is 122 Å². The van der Waals surface area contributed by atoms with Gasteiger partial charge in [0.2, 0.25) is 0 Å². The van der Waals surface area contributed by atoms with Crippen molar-refractivity contribution in [2.75, 3.05) is 27.2 Å². The summed E-state index contributed by atoms with van der Waals surface area (Å²) in [5, 5.41) is 20.8. The van der Waals surface area contributed by atoms with Crippen molar-refractivity contribution < 1.29 is 19.5 Å². The summed E-state index contributed by atoms with van der Waals surface area (Å²) >= 11 is 0. The van der Waals surface area contributed by atoms with E-state index in [-0.39, 0.29) is 12.5 Å². The molecule has 0 fully saturated rings. The molecule has 1 unspecified atom stereocenters. The highest BCUT2D eigenvalue weighted by molar-refractivity contribution is 5.64. The van der Waals surface area contributed by atoms with Gasteiger partial charge in [-0.3, -0.25) is 0 Å². The number of unbranched alkanes of at least 4 members (excludes halogenated alkanes) is 14. The van der Waals surface area contributed by atoms with Crippen molar-refractivity contribution in [2.24, 2.45) is 0 Å². The fraction of sp³-hybridized carbons (Fsp3) is 0.960. The summed E-state index contributed by atoms with van der Waals surface area (Å²) in [5.41, 5.74) is 0. The first-order valence-corrected chi connectivity index (χ1v) is 12.6. The van der Waals surface area contributed by atoms with Crippen LogP contribution in [0.15, 0.2) is 0 Å². The third-order valence-electron chi connectivity index (χ3n) is 5.99. The Morgan fingerprint density at radius 2 is 1.17 bits per heavy atom. The van der Waals surface area contributed by atoms with Crippen LogP contribution in [0.5, 0.6) is 0 Å². The second-order valence-electron chi connectivity index (χ2n) is 9.71. The molecule has 1 atom stereocenters. The van der Waals surface area contributed by atoms with Crippen molar-refractivity contribution in [1.82, 2.24) is 0 Å². The summed E-state index contributed by atoms with van der Waals surface area (Å²) in [6.07, 6.45) is 21.7. The van der Waals surface area contributed by atoms with E-state index in [0.717, 1.165) is 19.4 Å². The van der Waals surface area contributed by atoms with Gasteiger partial charge in [-0.15, -0.1) is 0 Å². The molecule has 0 bridgehead atoms. The summed E-state index contributed by atoms with van der Waals surface area (Å²) in [6, 6.07) is 0. The molecule has 4 nitrogen and oxygen atoms in total. The minimum atomic E-state index is -0.983. The first-order chi connectivity index (χ1) is 13.9. The van der Waals surface area contributed by atoms with Gasteiger partial charge in [-0.05, 0) is 12.8 Å². The molecule has 0 saturated heterocycles. The molecule has 1 N–H and O–H groups in total. The Labute approximate surface area is 181 Å². The zero-order chi connectivity index (χ0) is 21.8. The van der Waals surface area contributed by atoms with Crippen molar-refractivity contribution in [1.29, 1.82) is 0 Å². The van der Waals surface area contributed by atoms with E-state index in [1.807, 2.05) is 0 Å². The van der Waals surface area contributed by atoms with Gasteiger partial charge >= 0.3 is 0 Å². The van der Waals surface area contributed by atoms with Crippen LogP contribution in [0.25, 0.3) is 0 Å². The van der Waals surface area contributed by atoms with Crippen LogP contribution in [0, 0.1) is 0 Å². The van der Waals surface area contributed by atoms with E-state index in [0.29, 0.717) is 17.4 Å². The second-order valence-corrected chi connectivity index (χ2v) is 9.71. The standard InChI is InChI=1S/C25H51NO3/c1-4-5-6-7-8-9-10-11-12-13-14-15-16-17-18-20-24(27)23-26(2,3)22-19-21-25(28)29/h24,27H,4-23H2,1-3H3. The molecular weight excluding hydrogens is 362 g/mol. The number of nitrogens with zero attached hydrogens (tertiary/aromatic N) is 1. The fourth-order valence-corrected chi connectivity index (χ4v) is 4.16. The van der Waals surface area contributed by atoms with Crippen LogP contribution in [0.3, 0.4) is 0 Å². The minimum absolute atomic E-state index is 0.108. The number of aliphatic carboxylic acids is 1. The number of carboxylic acids is 1. The van der Waals surface area contributed by atoms with Crippen LogP contribution < -0.4 is 5.11 Å². The van der Waals surface area contributed by atoms with E-state index < -0.39 is 5.97 Å². The maximum absolute atomic E-state index is 10.5. The molecule has 0 radical (unpaired) electrons. The predicted octanol–water partition coefficient (Wildman–Crippen LogP) is 5.22. The topological polar surface area (TPSA) is 60.4 Å². The third kappa shape index (κ3) is 21.9. The van der Waals surface area contributed by atoms with Crippen molar-refractivity contribution >= 4 is 5.97 Å². The Bertz CT molecular complexity index is 371. The normalized spacial score (nSPS) is 13.0. The Kier molecular flexibility index (Phi) is 19.0. The molecule has 0 spiro atoms. The lowest BCUT2D eigenvalue weighted by Gasteiger charge is -2.32. The second kappa shape index (κ2) is 19.4. The maximum atomic E-state index is 10.5. The summed E-state index contributed by atoms with van der Waals surface area (Å²) in [6.45, 7) is 3.74. The van der Waals surface area contributed by atoms with Crippen LogP contribution in [-0.2, 0) is 4.79 Å². The molecular formula is C25H51NO3. The predicted molar refractivity (Wildman–Crippen MR) is 122 cm³/mol. The molecule has 0 aliphatic heterocycles. The lowest BCUT2D eigenvalue weighted by molar-refractivity contribution is -0.893. The van der Waals surface area contributed by atoms with Gasteiger partial charge in [0, 0.05) is 12.4 Å². The number of carbonyl (C=O) groups excluding carboxylic acids is 1. The number of carboxylic acid groups (broad SMARTS) is 1. The highest BCUT2D eigenvalue weighted by atomic mass is 16.4. The van der Waals surface area contributed by atoms with Crippen molar-refractivity contribution in [3.8, 4) is 0 Å². The molecule has 0 aliphatic rings. The highest BCUT2D eigenvalue weighted by Gasteiger charge is 2.19. The van der Waals surface area contributed by atoms with E-state index in [4.69, 9.17) is 0 Å². The molecule has 0 rings (SSSR count). The Balaban J connectivity index is 3.38. The van der Waals surface area contributed by atoms with E-state index in [9.17, 15) is 15.0 Å². The van der Waals surface area contributed by atoms with Gasteiger partial charge in [-0.1, -0.05) is 103 Å². The largest absolute Gasteiger partial charge is 0.550 e. The third-order valence-corrected chi connectivity index (χ3v) is 5.99. The van der Waals surface area contributed by atoms with E-state index >= 15 is 0 Å². The molecule has 174 valence electrons. The van der Waals surface area contributed by atoms with Gasteiger partial charge in [-0.2, -0.15) is 0 Å². The molecule has 0 aromatic rings. The molecule has 0 saturated carbocycles. The lowest BCUT2D eigenvalue weighted by atomic mass is 10.0. The molecule has 4 heteroatoms. The number of quaternary nitrogens is 1. The smallest absolute Gasteiger partial charge is 0.105 e. The van der Waals surface area contributed by atoms with Gasteiger partial charge in [0.1, 0.15) is 12.6 Å². The van der Waals surface area contributed by atoms with Crippen molar-refractivity contribution in [3.05, 3.63) is 0 Å². The zero-order valence-corrected chi connectivity index (χ0v) is 19.9. The van der Waals surface area contributed by atoms with Gasteiger partial charge in [0.05, 0.1) is 20.6 Å².